The van der Waals surface area contributed by atoms with Crippen molar-refractivity contribution in [3.63, 3.8) is 0 Å². The molecule has 2 aromatic heterocycles. The second-order valence-corrected chi connectivity index (χ2v) is 5.30. The lowest BCUT2D eigenvalue weighted by Crippen LogP contribution is -2.12. The topological polar surface area (TPSA) is 92.0 Å². The minimum absolute atomic E-state index is 0.114. The van der Waals surface area contributed by atoms with E-state index in [9.17, 15) is 9.90 Å². The molecule has 0 radical (unpaired) electrons. The first-order chi connectivity index (χ1) is 10.1. The van der Waals surface area contributed by atoms with E-state index in [1.165, 1.54) is 6.39 Å². The number of nitrogens with zero attached hydrogens (tertiary/aromatic N) is 2. The zero-order valence-electron chi connectivity index (χ0n) is 10.9. The third-order valence-electron chi connectivity index (χ3n) is 2.99. The lowest BCUT2D eigenvalue weighted by atomic mass is 10.1. The number of aromatic hydroxyl groups is 1. The van der Waals surface area contributed by atoms with Crippen molar-refractivity contribution in [2.75, 3.05) is 0 Å². The summed E-state index contributed by atoms with van der Waals surface area (Å²) in [5.41, 5.74) is 0.818. The van der Waals surface area contributed by atoms with Crippen molar-refractivity contribution in [3.05, 3.63) is 51.2 Å². The average molecular weight is 348 g/mol. The Bertz CT molecular complexity index is 853. The summed E-state index contributed by atoms with van der Waals surface area (Å²) in [5, 5.41) is 10.1. The first-order valence-electron chi connectivity index (χ1n) is 6.06. The van der Waals surface area contributed by atoms with Crippen LogP contribution in [0.25, 0.3) is 22.7 Å². The molecule has 0 aliphatic heterocycles. The van der Waals surface area contributed by atoms with Crippen LogP contribution in [0, 0.1) is 6.92 Å². The number of H-pyrrole nitrogens is 1. The highest BCUT2D eigenvalue weighted by Gasteiger charge is 2.16. The van der Waals surface area contributed by atoms with Crippen LogP contribution in [0.15, 0.2) is 44.3 Å². The Morgan fingerprint density at radius 3 is 2.57 bits per heavy atom. The van der Waals surface area contributed by atoms with E-state index in [1.54, 1.807) is 31.2 Å². The molecule has 3 aromatic rings. The van der Waals surface area contributed by atoms with Crippen LogP contribution in [-0.4, -0.2) is 20.1 Å². The Labute approximate surface area is 127 Å². The van der Waals surface area contributed by atoms with E-state index in [1.807, 2.05) is 0 Å². The number of aromatic amines is 1. The maximum atomic E-state index is 12.2. The number of oxazole rings is 1. The Balaban J connectivity index is 2.15. The van der Waals surface area contributed by atoms with E-state index >= 15 is 0 Å². The fourth-order valence-electron chi connectivity index (χ4n) is 1.97. The van der Waals surface area contributed by atoms with Crippen molar-refractivity contribution in [2.24, 2.45) is 0 Å². The van der Waals surface area contributed by atoms with Gasteiger partial charge in [-0.05, 0) is 24.6 Å². The first-order valence-corrected chi connectivity index (χ1v) is 6.85. The smallest absolute Gasteiger partial charge is 0.263 e. The SMILES string of the molecule is Cc1ncoc1-c1nc(O)c(-c2ccc(Br)cc2)c(=O)[nH]1. The van der Waals surface area contributed by atoms with Gasteiger partial charge in [-0.15, -0.1) is 0 Å². The highest BCUT2D eigenvalue weighted by Crippen LogP contribution is 2.27. The van der Waals surface area contributed by atoms with Crippen LogP contribution in [0.4, 0.5) is 0 Å². The number of hydrogen-bond donors (Lipinski definition) is 2. The minimum Gasteiger partial charge on any atom is -0.493 e. The number of aromatic nitrogens is 3. The molecule has 2 N–H and O–H groups in total. The Morgan fingerprint density at radius 2 is 2.00 bits per heavy atom. The number of hydrogen-bond acceptors (Lipinski definition) is 5. The normalized spacial score (nSPS) is 10.8. The molecule has 3 rings (SSSR count). The fraction of sp³-hybridized carbons (Fsp3) is 0.0714. The van der Waals surface area contributed by atoms with Crippen LogP contribution < -0.4 is 5.56 Å². The van der Waals surface area contributed by atoms with Crippen LogP contribution in [0.2, 0.25) is 0 Å². The summed E-state index contributed by atoms with van der Waals surface area (Å²) in [7, 11) is 0. The van der Waals surface area contributed by atoms with E-state index in [2.05, 4.69) is 30.9 Å². The summed E-state index contributed by atoms with van der Waals surface area (Å²) in [6.07, 6.45) is 1.25. The van der Waals surface area contributed by atoms with Gasteiger partial charge < -0.3 is 14.5 Å². The predicted octanol–water partition coefficient (Wildman–Crippen LogP) is 2.87. The molecule has 0 saturated carbocycles. The van der Waals surface area contributed by atoms with E-state index in [0.717, 1.165) is 4.47 Å². The number of nitrogens with one attached hydrogen (secondary N) is 1. The van der Waals surface area contributed by atoms with Gasteiger partial charge in [-0.25, -0.2) is 4.98 Å². The van der Waals surface area contributed by atoms with Crippen molar-refractivity contribution in [1.82, 2.24) is 15.0 Å². The summed E-state index contributed by atoms with van der Waals surface area (Å²) in [5.74, 6) is 0.116. The molecular weight excluding hydrogens is 338 g/mol. The zero-order valence-corrected chi connectivity index (χ0v) is 12.5. The molecule has 1 aromatic carbocycles. The largest absolute Gasteiger partial charge is 0.493 e. The summed E-state index contributed by atoms with van der Waals surface area (Å²) in [6, 6.07) is 7.00. The fourth-order valence-corrected chi connectivity index (χ4v) is 2.24. The molecule has 2 heterocycles. The van der Waals surface area contributed by atoms with E-state index in [0.29, 0.717) is 17.0 Å². The molecular formula is C14H10BrN3O3. The molecule has 21 heavy (non-hydrogen) atoms. The van der Waals surface area contributed by atoms with Gasteiger partial charge in [0.05, 0.1) is 5.69 Å². The quantitative estimate of drug-likeness (QED) is 0.743. The van der Waals surface area contributed by atoms with Crippen molar-refractivity contribution in [2.45, 2.75) is 6.92 Å². The van der Waals surface area contributed by atoms with Gasteiger partial charge in [0.1, 0.15) is 5.56 Å². The Hall–Kier alpha value is -2.41. The molecule has 0 bridgehead atoms. The van der Waals surface area contributed by atoms with E-state index < -0.39 is 5.56 Å². The number of rotatable bonds is 2. The molecule has 7 heteroatoms. The molecule has 0 fully saturated rings. The predicted molar refractivity (Wildman–Crippen MR) is 79.9 cm³/mol. The van der Waals surface area contributed by atoms with Gasteiger partial charge in [0.2, 0.25) is 5.88 Å². The highest BCUT2D eigenvalue weighted by atomic mass is 79.9. The summed E-state index contributed by atoms with van der Waals surface area (Å²) in [4.78, 5) is 22.7. The molecule has 0 aliphatic carbocycles. The highest BCUT2D eigenvalue weighted by molar-refractivity contribution is 9.10. The van der Waals surface area contributed by atoms with Crippen LogP contribution in [-0.2, 0) is 0 Å². The molecule has 6 nitrogen and oxygen atoms in total. The molecule has 0 spiro atoms. The number of halogens is 1. The number of aryl methyl sites for hydroxylation is 1. The third kappa shape index (κ3) is 2.47. The lowest BCUT2D eigenvalue weighted by molar-refractivity contribution is 0.452. The van der Waals surface area contributed by atoms with Crippen molar-refractivity contribution < 1.29 is 9.52 Å². The molecule has 0 saturated heterocycles. The summed E-state index contributed by atoms with van der Waals surface area (Å²) in [6.45, 7) is 1.72. The van der Waals surface area contributed by atoms with Gasteiger partial charge >= 0.3 is 0 Å². The average Bonchev–Trinajstić information content (AvgIpc) is 2.86. The molecule has 106 valence electrons. The molecule has 0 amide bonds. The second-order valence-electron chi connectivity index (χ2n) is 4.39. The van der Waals surface area contributed by atoms with Gasteiger partial charge in [0.15, 0.2) is 18.0 Å². The van der Waals surface area contributed by atoms with Crippen molar-refractivity contribution in [1.29, 1.82) is 0 Å². The van der Waals surface area contributed by atoms with Gasteiger partial charge in [-0.2, -0.15) is 4.98 Å². The van der Waals surface area contributed by atoms with E-state index in [-0.39, 0.29) is 17.3 Å². The van der Waals surface area contributed by atoms with E-state index in [4.69, 9.17) is 4.42 Å². The molecule has 0 atom stereocenters. The second kappa shape index (κ2) is 5.17. The monoisotopic (exact) mass is 347 g/mol. The van der Waals surface area contributed by atoms with Gasteiger partial charge in [-0.3, -0.25) is 4.79 Å². The summed E-state index contributed by atoms with van der Waals surface area (Å²) < 4.78 is 6.04. The first kappa shape index (κ1) is 13.6. The van der Waals surface area contributed by atoms with Gasteiger partial charge in [0, 0.05) is 4.47 Å². The lowest BCUT2D eigenvalue weighted by Gasteiger charge is -2.05. The van der Waals surface area contributed by atoms with Crippen molar-refractivity contribution >= 4 is 15.9 Å². The van der Waals surface area contributed by atoms with Crippen LogP contribution >= 0.6 is 15.9 Å². The Kier molecular flexibility index (Phi) is 3.34. The standard InChI is InChI=1S/C14H10BrN3O3/c1-7-11(21-6-16-7)12-17-13(19)10(14(20)18-12)8-2-4-9(15)5-3-8/h2-6H,1H3,(H2,17,18,19,20). The summed E-state index contributed by atoms with van der Waals surface area (Å²) >= 11 is 3.32. The van der Waals surface area contributed by atoms with Crippen LogP contribution in [0.1, 0.15) is 5.69 Å². The molecule has 0 aliphatic rings. The van der Waals surface area contributed by atoms with Gasteiger partial charge in [-0.1, -0.05) is 28.1 Å². The Morgan fingerprint density at radius 1 is 1.29 bits per heavy atom. The third-order valence-corrected chi connectivity index (χ3v) is 3.52. The maximum Gasteiger partial charge on any atom is 0.263 e. The van der Waals surface area contributed by atoms with Crippen molar-refractivity contribution in [3.8, 4) is 28.6 Å². The van der Waals surface area contributed by atoms with Gasteiger partial charge in [0.25, 0.3) is 5.56 Å². The maximum absolute atomic E-state index is 12.2. The number of benzene rings is 1. The van der Waals surface area contributed by atoms with Crippen LogP contribution in [0.3, 0.4) is 0 Å². The zero-order chi connectivity index (χ0) is 15.0. The van der Waals surface area contributed by atoms with Crippen LogP contribution in [0.5, 0.6) is 5.88 Å². The minimum atomic E-state index is -0.448. The molecule has 0 unspecified atom stereocenters.